The number of carbonyl (C=O) groups is 1. The molecule has 0 saturated carbocycles. The van der Waals surface area contributed by atoms with Gasteiger partial charge in [0.05, 0.1) is 13.2 Å². The molecule has 0 radical (unpaired) electrons. The monoisotopic (exact) mass is 319 g/mol. The Kier molecular flexibility index (Phi) is 5.53. The van der Waals surface area contributed by atoms with Gasteiger partial charge in [-0.3, -0.25) is 4.79 Å². The SMILES string of the molecule is O=C(c1c(F)c(F)c(F)c(F)c1F)N(CCO)CC(F)F. The molecule has 0 aliphatic carbocycles. The molecule has 0 aliphatic rings. The maximum atomic E-state index is 13.4. The fraction of sp³-hybridized carbons (Fsp3) is 0.364. The van der Waals surface area contributed by atoms with Crippen LogP contribution in [0.25, 0.3) is 0 Å². The topological polar surface area (TPSA) is 40.5 Å². The first-order chi connectivity index (χ1) is 9.72. The lowest BCUT2D eigenvalue weighted by Crippen LogP contribution is -2.38. The molecule has 0 atom stereocenters. The van der Waals surface area contributed by atoms with Gasteiger partial charge in [0.15, 0.2) is 23.3 Å². The van der Waals surface area contributed by atoms with Crippen LogP contribution in [0.4, 0.5) is 30.7 Å². The molecule has 0 bridgehead atoms. The molecule has 0 aromatic heterocycles. The van der Waals surface area contributed by atoms with Crippen LogP contribution in [0, 0.1) is 29.1 Å². The first kappa shape index (κ1) is 17.2. The first-order valence-electron chi connectivity index (χ1n) is 5.42. The van der Waals surface area contributed by atoms with Gasteiger partial charge in [-0.15, -0.1) is 0 Å². The van der Waals surface area contributed by atoms with Gasteiger partial charge in [0, 0.05) is 6.54 Å². The van der Waals surface area contributed by atoms with Crippen molar-refractivity contribution in [3.8, 4) is 0 Å². The number of aliphatic hydroxyl groups is 1. The van der Waals surface area contributed by atoms with Crippen LogP contribution >= 0.6 is 0 Å². The van der Waals surface area contributed by atoms with Gasteiger partial charge in [0.2, 0.25) is 5.82 Å². The Morgan fingerprint density at radius 3 is 1.76 bits per heavy atom. The molecule has 1 amide bonds. The molecular weight excluding hydrogens is 311 g/mol. The van der Waals surface area contributed by atoms with Crippen molar-refractivity contribution in [3.63, 3.8) is 0 Å². The highest BCUT2D eigenvalue weighted by atomic mass is 19.3. The molecule has 1 N–H and O–H groups in total. The molecule has 0 spiro atoms. The Morgan fingerprint density at radius 2 is 1.38 bits per heavy atom. The molecule has 0 unspecified atom stereocenters. The van der Waals surface area contributed by atoms with Crippen LogP contribution in [0.15, 0.2) is 0 Å². The second-order valence-corrected chi connectivity index (χ2v) is 3.81. The highest BCUT2D eigenvalue weighted by Crippen LogP contribution is 2.24. The Morgan fingerprint density at radius 1 is 0.952 bits per heavy atom. The van der Waals surface area contributed by atoms with Crippen molar-refractivity contribution in [2.75, 3.05) is 19.7 Å². The molecule has 1 aromatic rings. The zero-order valence-electron chi connectivity index (χ0n) is 10.1. The molecule has 1 rings (SSSR count). The van der Waals surface area contributed by atoms with Gasteiger partial charge in [-0.1, -0.05) is 0 Å². The van der Waals surface area contributed by atoms with Gasteiger partial charge < -0.3 is 10.0 Å². The van der Waals surface area contributed by atoms with E-state index in [-0.39, 0.29) is 4.90 Å². The van der Waals surface area contributed by atoms with Crippen molar-refractivity contribution >= 4 is 5.91 Å². The maximum absolute atomic E-state index is 13.4. The molecule has 21 heavy (non-hydrogen) atoms. The molecule has 1 aromatic carbocycles. The summed E-state index contributed by atoms with van der Waals surface area (Å²) in [5.74, 6) is -13.9. The van der Waals surface area contributed by atoms with E-state index in [1.807, 2.05) is 0 Å². The smallest absolute Gasteiger partial charge is 0.260 e. The van der Waals surface area contributed by atoms with Crippen molar-refractivity contribution in [2.24, 2.45) is 0 Å². The van der Waals surface area contributed by atoms with Crippen molar-refractivity contribution in [3.05, 3.63) is 34.6 Å². The van der Waals surface area contributed by atoms with Gasteiger partial charge in [-0.05, 0) is 0 Å². The van der Waals surface area contributed by atoms with Crippen LogP contribution in [-0.4, -0.2) is 42.0 Å². The number of alkyl halides is 2. The van der Waals surface area contributed by atoms with E-state index < -0.39 is 66.7 Å². The average molecular weight is 319 g/mol. The van der Waals surface area contributed by atoms with Gasteiger partial charge in [0.1, 0.15) is 5.56 Å². The summed E-state index contributed by atoms with van der Waals surface area (Å²) >= 11 is 0. The van der Waals surface area contributed by atoms with Crippen LogP contribution < -0.4 is 0 Å². The number of halogens is 7. The number of hydrogen-bond donors (Lipinski definition) is 1. The molecule has 3 nitrogen and oxygen atoms in total. The van der Waals surface area contributed by atoms with Crippen LogP contribution in [-0.2, 0) is 0 Å². The molecule has 0 heterocycles. The summed E-state index contributed by atoms with van der Waals surface area (Å²) < 4.78 is 89.9. The normalized spacial score (nSPS) is 11.1. The fourth-order valence-electron chi connectivity index (χ4n) is 1.51. The van der Waals surface area contributed by atoms with E-state index in [0.29, 0.717) is 0 Å². The summed E-state index contributed by atoms with van der Waals surface area (Å²) in [4.78, 5) is 11.8. The number of amides is 1. The van der Waals surface area contributed by atoms with Crippen molar-refractivity contribution in [2.45, 2.75) is 6.43 Å². The third-order valence-corrected chi connectivity index (χ3v) is 2.44. The van der Waals surface area contributed by atoms with E-state index >= 15 is 0 Å². The van der Waals surface area contributed by atoms with Crippen molar-refractivity contribution in [1.82, 2.24) is 4.90 Å². The number of aliphatic hydroxyl groups excluding tert-OH is 1. The second-order valence-electron chi connectivity index (χ2n) is 3.81. The molecule has 0 aliphatic heterocycles. The predicted molar refractivity (Wildman–Crippen MR) is 55.2 cm³/mol. The van der Waals surface area contributed by atoms with Crippen molar-refractivity contribution < 1.29 is 40.6 Å². The quantitative estimate of drug-likeness (QED) is 0.513. The van der Waals surface area contributed by atoms with Gasteiger partial charge >= 0.3 is 0 Å². The Bertz CT molecular complexity index is 521. The highest BCUT2D eigenvalue weighted by molar-refractivity contribution is 5.95. The summed E-state index contributed by atoms with van der Waals surface area (Å²) in [6, 6.07) is 0. The van der Waals surface area contributed by atoms with E-state index in [4.69, 9.17) is 5.11 Å². The molecular formula is C11H8F7NO2. The lowest BCUT2D eigenvalue weighted by molar-refractivity contribution is 0.0498. The van der Waals surface area contributed by atoms with E-state index in [1.165, 1.54) is 0 Å². The van der Waals surface area contributed by atoms with Crippen LogP contribution in [0.3, 0.4) is 0 Å². The summed E-state index contributed by atoms with van der Waals surface area (Å²) in [5.41, 5.74) is -1.85. The van der Waals surface area contributed by atoms with Crippen LogP contribution in [0.1, 0.15) is 10.4 Å². The van der Waals surface area contributed by atoms with Gasteiger partial charge in [-0.25, -0.2) is 30.7 Å². The van der Waals surface area contributed by atoms with E-state index in [9.17, 15) is 35.5 Å². The summed E-state index contributed by atoms with van der Waals surface area (Å²) in [6.07, 6.45) is -3.12. The molecule has 10 heteroatoms. The van der Waals surface area contributed by atoms with Crippen molar-refractivity contribution in [1.29, 1.82) is 0 Å². The third-order valence-electron chi connectivity index (χ3n) is 2.44. The van der Waals surface area contributed by atoms with Crippen LogP contribution in [0.5, 0.6) is 0 Å². The Hall–Kier alpha value is -1.84. The lowest BCUT2D eigenvalue weighted by Gasteiger charge is -2.22. The zero-order valence-corrected chi connectivity index (χ0v) is 10.1. The number of benzene rings is 1. The second kappa shape index (κ2) is 6.74. The Balaban J connectivity index is 3.34. The van der Waals surface area contributed by atoms with Gasteiger partial charge in [-0.2, -0.15) is 0 Å². The Labute approximate surface area is 113 Å². The van der Waals surface area contributed by atoms with Crippen LogP contribution in [0.2, 0.25) is 0 Å². The molecule has 0 saturated heterocycles. The third kappa shape index (κ3) is 3.43. The number of hydrogen-bond acceptors (Lipinski definition) is 2. The maximum Gasteiger partial charge on any atom is 0.260 e. The average Bonchev–Trinajstić information content (AvgIpc) is 2.42. The minimum absolute atomic E-state index is 0.0863. The highest BCUT2D eigenvalue weighted by Gasteiger charge is 2.32. The van der Waals surface area contributed by atoms with E-state index in [2.05, 4.69) is 0 Å². The molecule has 0 fully saturated rings. The standard InChI is InChI=1S/C11H8F7NO2/c12-4(13)3-19(1-2-20)11(21)5-6(14)8(16)10(18)9(17)7(5)15/h4,20H,1-3H2. The zero-order chi connectivity index (χ0) is 16.3. The summed E-state index contributed by atoms with van der Waals surface area (Å²) in [6.45, 7) is -2.94. The first-order valence-corrected chi connectivity index (χ1v) is 5.42. The lowest BCUT2D eigenvalue weighted by atomic mass is 10.1. The number of nitrogens with zero attached hydrogens (tertiary/aromatic N) is 1. The van der Waals surface area contributed by atoms with E-state index in [1.54, 1.807) is 0 Å². The summed E-state index contributed by atoms with van der Waals surface area (Å²) in [7, 11) is 0. The minimum atomic E-state index is -3.12. The fourth-order valence-corrected chi connectivity index (χ4v) is 1.51. The molecule has 118 valence electrons. The van der Waals surface area contributed by atoms with Gasteiger partial charge in [0.25, 0.3) is 12.3 Å². The summed E-state index contributed by atoms with van der Waals surface area (Å²) in [5, 5.41) is 8.60. The number of carbonyl (C=O) groups excluding carboxylic acids is 1. The number of rotatable bonds is 5. The minimum Gasteiger partial charge on any atom is -0.395 e. The largest absolute Gasteiger partial charge is 0.395 e. The van der Waals surface area contributed by atoms with E-state index in [0.717, 1.165) is 0 Å². The predicted octanol–water partition coefficient (Wildman–Crippen LogP) is 2.08.